The van der Waals surface area contributed by atoms with Gasteiger partial charge >= 0.3 is 0 Å². The van der Waals surface area contributed by atoms with Crippen LogP contribution >= 0.6 is 11.6 Å². The summed E-state index contributed by atoms with van der Waals surface area (Å²) in [6, 6.07) is 4.69. The topological polar surface area (TPSA) is 21.3 Å². The molecule has 1 aliphatic rings. The highest BCUT2D eigenvalue weighted by Crippen LogP contribution is 2.35. The molecular formula is C16H23ClFNO. The van der Waals surface area contributed by atoms with Crippen molar-refractivity contribution in [1.82, 2.24) is 5.32 Å². The standard InChI is InChI=1S/C16H23ClFNO/c1-16(2,3)19-10-11-5-4-8-20-15(11)13-9-12(17)6-7-14(13)18/h6-7,9,11,15,19H,4-5,8,10H2,1-3H3. The van der Waals surface area contributed by atoms with E-state index in [1.807, 2.05) is 0 Å². The summed E-state index contributed by atoms with van der Waals surface area (Å²) >= 11 is 6.00. The summed E-state index contributed by atoms with van der Waals surface area (Å²) in [6.07, 6.45) is 1.85. The molecule has 20 heavy (non-hydrogen) atoms. The third-order valence-corrected chi connectivity index (χ3v) is 3.84. The summed E-state index contributed by atoms with van der Waals surface area (Å²) in [6.45, 7) is 7.89. The quantitative estimate of drug-likeness (QED) is 0.896. The van der Waals surface area contributed by atoms with Crippen molar-refractivity contribution in [1.29, 1.82) is 0 Å². The number of benzene rings is 1. The van der Waals surface area contributed by atoms with Crippen molar-refractivity contribution in [2.24, 2.45) is 5.92 Å². The third-order valence-electron chi connectivity index (χ3n) is 3.60. The van der Waals surface area contributed by atoms with Crippen LogP contribution in [0, 0.1) is 11.7 Å². The Kier molecular flexibility index (Phi) is 5.05. The van der Waals surface area contributed by atoms with Gasteiger partial charge in [-0.3, -0.25) is 0 Å². The summed E-state index contributed by atoms with van der Waals surface area (Å²) in [5.74, 6) is 0.0398. The van der Waals surface area contributed by atoms with Gasteiger partial charge in [0.2, 0.25) is 0 Å². The molecule has 1 saturated heterocycles. The smallest absolute Gasteiger partial charge is 0.129 e. The number of hydrogen-bond donors (Lipinski definition) is 1. The molecule has 112 valence electrons. The maximum atomic E-state index is 14.0. The SMILES string of the molecule is CC(C)(C)NCC1CCCOC1c1cc(Cl)ccc1F. The van der Waals surface area contributed by atoms with Crippen molar-refractivity contribution in [3.05, 3.63) is 34.6 Å². The molecule has 4 heteroatoms. The minimum absolute atomic E-state index is 0.0505. The average molecular weight is 300 g/mol. The molecule has 1 aromatic carbocycles. The molecule has 1 N–H and O–H groups in total. The first-order chi connectivity index (χ1) is 9.37. The highest BCUT2D eigenvalue weighted by Gasteiger charge is 2.30. The van der Waals surface area contributed by atoms with E-state index in [1.165, 1.54) is 6.07 Å². The van der Waals surface area contributed by atoms with Crippen molar-refractivity contribution in [3.8, 4) is 0 Å². The van der Waals surface area contributed by atoms with Crippen LogP contribution in [0.5, 0.6) is 0 Å². The third kappa shape index (κ3) is 4.18. The molecule has 0 aliphatic carbocycles. The fourth-order valence-corrected chi connectivity index (χ4v) is 2.75. The zero-order valence-corrected chi connectivity index (χ0v) is 13.1. The lowest BCUT2D eigenvalue weighted by molar-refractivity contribution is -0.0311. The van der Waals surface area contributed by atoms with Gasteiger partial charge in [0, 0.05) is 35.2 Å². The second kappa shape index (κ2) is 6.42. The van der Waals surface area contributed by atoms with E-state index < -0.39 is 0 Å². The predicted octanol–water partition coefficient (Wildman–Crippen LogP) is 4.33. The normalized spacial score (nSPS) is 23.9. The molecule has 1 fully saturated rings. The van der Waals surface area contributed by atoms with E-state index in [0.717, 1.165) is 19.4 Å². The first-order valence-corrected chi connectivity index (χ1v) is 7.56. The highest BCUT2D eigenvalue weighted by atomic mass is 35.5. The van der Waals surface area contributed by atoms with E-state index >= 15 is 0 Å². The van der Waals surface area contributed by atoms with Crippen LogP contribution in [0.15, 0.2) is 18.2 Å². The maximum Gasteiger partial charge on any atom is 0.129 e. The van der Waals surface area contributed by atoms with Gasteiger partial charge in [-0.2, -0.15) is 0 Å². The largest absolute Gasteiger partial charge is 0.373 e. The lowest BCUT2D eigenvalue weighted by Gasteiger charge is -2.34. The van der Waals surface area contributed by atoms with Crippen LogP contribution in [-0.2, 0) is 4.74 Å². The Hall–Kier alpha value is -0.640. The number of rotatable bonds is 3. The molecule has 0 aromatic heterocycles. The van der Waals surface area contributed by atoms with Crippen molar-refractivity contribution in [2.45, 2.75) is 45.3 Å². The minimum Gasteiger partial charge on any atom is -0.373 e. The van der Waals surface area contributed by atoms with Gasteiger partial charge in [-0.1, -0.05) is 11.6 Å². The van der Waals surface area contributed by atoms with Crippen LogP contribution in [0.2, 0.25) is 5.02 Å². The molecule has 0 amide bonds. The monoisotopic (exact) mass is 299 g/mol. The number of halogens is 2. The maximum absolute atomic E-state index is 14.0. The van der Waals surface area contributed by atoms with Gasteiger partial charge in [-0.15, -0.1) is 0 Å². The second-order valence-corrected chi connectivity index (χ2v) is 6.93. The molecule has 1 aromatic rings. The van der Waals surface area contributed by atoms with Gasteiger partial charge in [-0.05, 0) is 51.8 Å². The molecule has 2 atom stereocenters. The lowest BCUT2D eigenvalue weighted by atomic mass is 9.88. The Morgan fingerprint density at radius 1 is 1.40 bits per heavy atom. The molecule has 0 radical (unpaired) electrons. The van der Waals surface area contributed by atoms with E-state index in [0.29, 0.717) is 17.2 Å². The predicted molar refractivity (Wildman–Crippen MR) is 80.6 cm³/mol. The molecule has 2 nitrogen and oxygen atoms in total. The number of nitrogens with one attached hydrogen (secondary N) is 1. The number of ether oxygens (including phenoxy) is 1. The summed E-state index contributed by atoms with van der Waals surface area (Å²) in [7, 11) is 0. The van der Waals surface area contributed by atoms with E-state index in [4.69, 9.17) is 16.3 Å². The molecule has 2 rings (SSSR count). The molecule has 0 saturated carbocycles. The average Bonchev–Trinajstić information content (AvgIpc) is 2.39. The first-order valence-electron chi connectivity index (χ1n) is 7.18. The van der Waals surface area contributed by atoms with E-state index in [1.54, 1.807) is 12.1 Å². The Bertz CT molecular complexity index is 458. The zero-order chi connectivity index (χ0) is 14.8. The van der Waals surface area contributed by atoms with Crippen LogP contribution in [0.1, 0.15) is 45.3 Å². The zero-order valence-electron chi connectivity index (χ0n) is 12.4. The summed E-state index contributed by atoms with van der Waals surface area (Å²) < 4.78 is 19.9. The van der Waals surface area contributed by atoms with Crippen molar-refractivity contribution >= 4 is 11.6 Å². The molecule has 0 spiro atoms. The van der Waals surface area contributed by atoms with Gasteiger partial charge in [-0.25, -0.2) is 4.39 Å². The molecule has 0 bridgehead atoms. The fourth-order valence-electron chi connectivity index (χ4n) is 2.57. The van der Waals surface area contributed by atoms with Crippen LogP contribution in [0.4, 0.5) is 4.39 Å². The van der Waals surface area contributed by atoms with Crippen molar-refractivity contribution in [2.75, 3.05) is 13.2 Å². The van der Waals surface area contributed by atoms with Crippen molar-refractivity contribution < 1.29 is 9.13 Å². The van der Waals surface area contributed by atoms with Gasteiger partial charge in [0.25, 0.3) is 0 Å². The summed E-state index contributed by atoms with van der Waals surface area (Å²) in [5.41, 5.74) is 0.632. The van der Waals surface area contributed by atoms with Crippen LogP contribution in [-0.4, -0.2) is 18.7 Å². The van der Waals surface area contributed by atoms with Gasteiger partial charge in [0.15, 0.2) is 0 Å². The molecule has 2 unspecified atom stereocenters. The van der Waals surface area contributed by atoms with E-state index in [9.17, 15) is 4.39 Å². The van der Waals surface area contributed by atoms with Crippen LogP contribution in [0.25, 0.3) is 0 Å². The molecule has 1 heterocycles. The van der Waals surface area contributed by atoms with E-state index in [2.05, 4.69) is 26.1 Å². The summed E-state index contributed by atoms with van der Waals surface area (Å²) in [4.78, 5) is 0. The minimum atomic E-state index is -0.234. The van der Waals surface area contributed by atoms with Gasteiger partial charge < -0.3 is 10.1 Å². The Balaban J connectivity index is 2.16. The summed E-state index contributed by atoms with van der Waals surface area (Å²) in [5, 5.41) is 4.04. The Labute approximate surface area is 125 Å². The highest BCUT2D eigenvalue weighted by molar-refractivity contribution is 6.30. The van der Waals surface area contributed by atoms with Crippen LogP contribution in [0.3, 0.4) is 0 Å². The van der Waals surface area contributed by atoms with Gasteiger partial charge in [0.05, 0.1) is 6.10 Å². The van der Waals surface area contributed by atoms with E-state index in [-0.39, 0.29) is 23.4 Å². The first kappa shape index (κ1) is 15.7. The second-order valence-electron chi connectivity index (χ2n) is 6.49. The molecule has 1 aliphatic heterocycles. The van der Waals surface area contributed by atoms with Gasteiger partial charge in [0.1, 0.15) is 5.82 Å². The van der Waals surface area contributed by atoms with Crippen LogP contribution < -0.4 is 5.32 Å². The van der Waals surface area contributed by atoms with Crippen molar-refractivity contribution in [3.63, 3.8) is 0 Å². The number of hydrogen-bond acceptors (Lipinski definition) is 2. The Morgan fingerprint density at radius 2 is 2.15 bits per heavy atom. The molecular weight excluding hydrogens is 277 g/mol. The lowest BCUT2D eigenvalue weighted by Crippen LogP contribution is -2.41. The Morgan fingerprint density at radius 3 is 2.85 bits per heavy atom. The fraction of sp³-hybridized carbons (Fsp3) is 0.625.